The molecule has 0 saturated carbocycles. The molecule has 0 aromatic heterocycles. The molecule has 140 valence electrons. The predicted octanol–water partition coefficient (Wildman–Crippen LogP) is 4.63. The molecule has 26 heavy (non-hydrogen) atoms. The average molecular weight is 374 g/mol. The molecule has 0 fully saturated rings. The molecule has 2 aromatic carbocycles. The van der Waals surface area contributed by atoms with Gasteiger partial charge in [0.15, 0.2) is 17.3 Å². The van der Waals surface area contributed by atoms with Gasteiger partial charge in [-0.3, -0.25) is 4.79 Å². The lowest BCUT2D eigenvalue weighted by atomic mass is 9.99. The highest BCUT2D eigenvalue weighted by Crippen LogP contribution is 2.37. The highest BCUT2D eigenvalue weighted by molar-refractivity contribution is 7.99. The SMILES string of the molecule is CCCC[C@@](C)(N)CSc1cc(O)c(OC)cc1C(=O)c1ccccc1. The van der Waals surface area contributed by atoms with E-state index in [9.17, 15) is 9.90 Å². The number of thioether (sulfide) groups is 1. The summed E-state index contributed by atoms with van der Waals surface area (Å²) in [6.45, 7) is 4.17. The maximum Gasteiger partial charge on any atom is 0.194 e. The van der Waals surface area contributed by atoms with Crippen molar-refractivity contribution < 1.29 is 14.6 Å². The number of aromatic hydroxyl groups is 1. The standard InChI is InChI=1S/C21H27NO3S/c1-4-5-11-21(2,22)14-26-19-13-17(23)18(25-3)12-16(19)20(24)15-9-7-6-8-10-15/h6-10,12-13,23H,4-5,11,14,22H2,1-3H3/t21-/m1/s1. The highest BCUT2D eigenvalue weighted by Gasteiger charge is 2.22. The fourth-order valence-electron chi connectivity index (χ4n) is 2.65. The summed E-state index contributed by atoms with van der Waals surface area (Å²) in [6, 6.07) is 12.3. The molecule has 0 saturated heterocycles. The van der Waals surface area contributed by atoms with Crippen LogP contribution >= 0.6 is 11.8 Å². The molecule has 2 rings (SSSR count). The summed E-state index contributed by atoms with van der Waals surface area (Å²) in [5.41, 5.74) is 7.18. The van der Waals surface area contributed by atoms with Crippen LogP contribution < -0.4 is 10.5 Å². The van der Waals surface area contributed by atoms with Crippen molar-refractivity contribution in [2.75, 3.05) is 12.9 Å². The fraction of sp³-hybridized carbons (Fsp3) is 0.381. The maximum atomic E-state index is 13.0. The van der Waals surface area contributed by atoms with E-state index < -0.39 is 0 Å². The van der Waals surface area contributed by atoms with Gasteiger partial charge in [0.25, 0.3) is 0 Å². The molecule has 2 aromatic rings. The van der Waals surface area contributed by atoms with Gasteiger partial charge in [0.2, 0.25) is 0 Å². The molecule has 4 nitrogen and oxygen atoms in total. The Bertz CT molecular complexity index is 744. The molecule has 0 aliphatic rings. The molecular formula is C21H27NO3S. The first-order valence-corrected chi connectivity index (χ1v) is 9.79. The minimum Gasteiger partial charge on any atom is -0.504 e. The molecule has 0 aliphatic heterocycles. The van der Waals surface area contributed by atoms with E-state index in [1.165, 1.54) is 18.9 Å². The Morgan fingerprint density at radius 1 is 1.27 bits per heavy atom. The number of ether oxygens (including phenoxy) is 1. The van der Waals surface area contributed by atoms with Crippen molar-refractivity contribution in [2.45, 2.75) is 43.5 Å². The molecule has 0 amide bonds. The van der Waals surface area contributed by atoms with E-state index in [-0.39, 0.29) is 22.8 Å². The molecule has 5 heteroatoms. The van der Waals surface area contributed by atoms with E-state index >= 15 is 0 Å². The van der Waals surface area contributed by atoms with E-state index in [2.05, 4.69) is 6.92 Å². The van der Waals surface area contributed by atoms with Crippen molar-refractivity contribution >= 4 is 17.5 Å². The molecule has 3 N–H and O–H groups in total. The predicted molar refractivity (Wildman–Crippen MR) is 107 cm³/mol. The van der Waals surface area contributed by atoms with Crippen LogP contribution in [0.2, 0.25) is 0 Å². The third-order valence-electron chi connectivity index (χ3n) is 4.22. The van der Waals surface area contributed by atoms with E-state index in [0.29, 0.717) is 21.8 Å². The van der Waals surface area contributed by atoms with Crippen LogP contribution in [0.1, 0.15) is 49.0 Å². The number of rotatable bonds is 9. The zero-order chi connectivity index (χ0) is 19.2. The number of phenolic OH excluding ortho intramolecular Hbond substituents is 1. The van der Waals surface area contributed by atoms with Gasteiger partial charge >= 0.3 is 0 Å². The maximum absolute atomic E-state index is 13.0. The van der Waals surface area contributed by atoms with Gasteiger partial charge in [-0.05, 0) is 25.5 Å². The van der Waals surface area contributed by atoms with Crippen molar-refractivity contribution in [3.63, 3.8) is 0 Å². The third kappa shape index (κ3) is 5.26. The van der Waals surface area contributed by atoms with Crippen LogP contribution in [0.25, 0.3) is 0 Å². The van der Waals surface area contributed by atoms with Gasteiger partial charge < -0.3 is 15.6 Å². The number of carbonyl (C=O) groups is 1. The zero-order valence-electron chi connectivity index (χ0n) is 15.6. The number of unbranched alkanes of at least 4 members (excludes halogenated alkanes) is 1. The number of benzene rings is 2. The molecule has 0 spiro atoms. The normalized spacial score (nSPS) is 13.2. The number of hydrogen-bond donors (Lipinski definition) is 2. The summed E-state index contributed by atoms with van der Waals surface area (Å²) in [6.07, 6.45) is 3.08. The number of ketones is 1. The Balaban J connectivity index is 2.32. The Labute approximate surface area is 159 Å². The number of nitrogens with two attached hydrogens (primary N) is 1. The van der Waals surface area contributed by atoms with Crippen LogP contribution in [0.15, 0.2) is 47.4 Å². The van der Waals surface area contributed by atoms with Crippen molar-refractivity contribution in [1.82, 2.24) is 0 Å². The first-order valence-electron chi connectivity index (χ1n) is 8.80. The van der Waals surface area contributed by atoms with Crippen LogP contribution in [-0.2, 0) is 0 Å². The van der Waals surface area contributed by atoms with Gasteiger partial charge in [0.1, 0.15) is 0 Å². The van der Waals surface area contributed by atoms with Crippen LogP contribution in [0.5, 0.6) is 11.5 Å². The highest BCUT2D eigenvalue weighted by atomic mass is 32.2. The second-order valence-corrected chi connectivity index (χ2v) is 7.78. The average Bonchev–Trinajstić information content (AvgIpc) is 2.65. The van der Waals surface area contributed by atoms with Gasteiger partial charge in [0.05, 0.1) is 7.11 Å². The first-order chi connectivity index (χ1) is 12.4. The quantitative estimate of drug-likeness (QED) is 0.495. The summed E-state index contributed by atoms with van der Waals surface area (Å²) >= 11 is 1.50. The third-order valence-corrected chi connectivity index (χ3v) is 5.67. The van der Waals surface area contributed by atoms with E-state index in [1.54, 1.807) is 24.3 Å². The minimum absolute atomic E-state index is 0.0203. The summed E-state index contributed by atoms with van der Waals surface area (Å²) in [5, 5.41) is 10.2. The Hall–Kier alpha value is -1.98. The van der Waals surface area contributed by atoms with Crippen LogP contribution in [0.4, 0.5) is 0 Å². The number of carbonyl (C=O) groups excluding carboxylic acids is 1. The molecule has 0 radical (unpaired) electrons. The number of methoxy groups -OCH3 is 1. The van der Waals surface area contributed by atoms with E-state index in [0.717, 1.165) is 19.3 Å². The Kier molecular flexibility index (Phi) is 7.12. The largest absolute Gasteiger partial charge is 0.504 e. The van der Waals surface area contributed by atoms with Gasteiger partial charge in [0, 0.05) is 27.3 Å². The van der Waals surface area contributed by atoms with Gasteiger partial charge in [-0.2, -0.15) is 0 Å². The number of hydrogen-bond acceptors (Lipinski definition) is 5. The van der Waals surface area contributed by atoms with Crippen molar-refractivity contribution in [1.29, 1.82) is 0 Å². The van der Waals surface area contributed by atoms with Gasteiger partial charge in [-0.15, -0.1) is 11.8 Å². The summed E-state index contributed by atoms with van der Waals surface area (Å²) in [5.74, 6) is 0.870. The van der Waals surface area contributed by atoms with E-state index in [1.807, 2.05) is 25.1 Å². The van der Waals surface area contributed by atoms with Gasteiger partial charge in [-0.1, -0.05) is 50.1 Å². The molecule has 1 atom stereocenters. The van der Waals surface area contributed by atoms with Crippen molar-refractivity contribution in [3.05, 3.63) is 53.6 Å². The van der Waals surface area contributed by atoms with Gasteiger partial charge in [-0.25, -0.2) is 0 Å². The van der Waals surface area contributed by atoms with Crippen molar-refractivity contribution in [2.24, 2.45) is 5.73 Å². The summed E-state index contributed by atoms with van der Waals surface area (Å²) in [4.78, 5) is 13.7. The lowest BCUT2D eigenvalue weighted by Crippen LogP contribution is -2.38. The van der Waals surface area contributed by atoms with Crippen LogP contribution in [0.3, 0.4) is 0 Å². The van der Waals surface area contributed by atoms with Crippen LogP contribution in [-0.4, -0.2) is 29.3 Å². The molecule has 0 unspecified atom stereocenters. The van der Waals surface area contributed by atoms with Crippen molar-refractivity contribution in [3.8, 4) is 11.5 Å². The van der Waals surface area contributed by atoms with Crippen LogP contribution in [0, 0.1) is 0 Å². The zero-order valence-corrected chi connectivity index (χ0v) is 16.4. The smallest absolute Gasteiger partial charge is 0.194 e. The molecule has 0 heterocycles. The monoisotopic (exact) mass is 373 g/mol. The fourth-order valence-corrected chi connectivity index (χ4v) is 3.78. The Morgan fingerprint density at radius 3 is 2.58 bits per heavy atom. The lowest BCUT2D eigenvalue weighted by molar-refractivity contribution is 0.103. The van der Waals surface area contributed by atoms with E-state index in [4.69, 9.17) is 10.5 Å². The number of phenols is 1. The molecular weight excluding hydrogens is 346 g/mol. The summed E-state index contributed by atoms with van der Waals surface area (Å²) < 4.78 is 5.19. The molecule has 0 bridgehead atoms. The first kappa shape index (κ1) is 20.3. The Morgan fingerprint density at radius 2 is 1.96 bits per heavy atom. The minimum atomic E-state index is -0.330. The topological polar surface area (TPSA) is 72.6 Å². The summed E-state index contributed by atoms with van der Waals surface area (Å²) in [7, 11) is 1.47. The lowest BCUT2D eigenvalue weighted by Gasteiger charge is -2.24. The second kappa shape index (κ2) is 9.10. The second-order valence-electron chi connectivity index (χ2n) is 6.76. The molecule has 0 aliphatic carbocycles.